The van der Waals surface area contributed by atoms with Crippen LogP contribution in [0.2, 0.25) is 0 Å². The van der Waals surface area contributed by atoms with E-state index in [1.165, 1.54) is 12.4 Å². The molecular formula is C14H16N4O3. The van der Waals surface area contributed by atoms with E-state index in [-0.39, 0.29) is 5.69 Å². The number of amides is 1. The van der Waals surface area contributed by atoms with Gasteiger partial charge in [0.25, 0.3) is 5.91 Å². The maximum absolute atomic E-state index is 11.8. The first-order valence-corrected chi connectivity index (χ1v) is 6.73. The Morgan fingerprint density at radius 1 is 1.38 bits per heavy atom. The van der Waals surface area contributed by atoms with E-state index in [0.717, 1.165) is 12.8 Å². The predicted molar refractivity (Wildman–Crippen MR) is 72.0 cm³/mol. The minimum atomic E-state index is -0.812. The van der Waals surface area contributed by atoms with Crippen molar-refractivity contribution in [1.82, 2.24) is 15.3 Å². The highest BCUT2D eigenvalue weighted by molar-refractivity contribution is 5.89. The summed E-state index contributed by atoms with van der Waals surface area (Å²) >= 11 is 0. The SMILES string of the molecule is Cc1cnc(C(=O)OCC(=O)NC2(C#N)CCCC2)cn1. The molecule has 7 heteroatoms. The number of aromatic nitrogens is 2. The fraction of sp³-hybridized carbons (Fsp3) is 0.500. The lowest BCUT2D eigenvalue weighted by molar-refractivity contribution is -0.125. The van der Waals surface area contributed by atoms with Crippen LogP contribution < -0.4 is 5.32 Å². The highest BCUT2D eigenvalue weighted by Gasteiger charge is 2.35. The summed E-state index contributed by atoms with van der Waals surface area (Å²) in [5.41, 5.74) is -0.0848. The number of esters is 1. The van der Waals surface area contributed by atoms with Crippen LogP contribution in [0.1, 0.15) is 41.9 Å². The summed E-state index contributed by atoms with van der Waals surface area (Å²) in [5.74, 6) is -1.19. The second kappa shape index (κ2) is 6.31. The van der Waals surface area contributed by atoms with Crippen molar-refractivity contribution in [3.8, 4) is 6.07 Å². The molecule has 2 rings (SSSR count). The van der Waals surface area contributed by atoms with Gasteiger partial charge in [0.05, 0.1) is 18.0 Å². The molecule has 0 aromatic carbocycles. The number of ether oxygens (including phenoxy) is 1. The van der Waals surface area contributed by atoms with Gasteiger partial charge in [0.15, 0.2) is 12.3 Å². The third-order valence-corrected chi connectivity index (χ3v) is 3.37. The van der Waals surface area contributed by atoms with Gasteiger partial charge in [-0.2, -0.15) is 5.26 Å². The Morgan fingerprint density at radius 2 is 2.10 bits per heavy atom. The quantitative estimate of drug-likeness (QED) is 0.825. The zero-order chi connectivity index (χ0) is 15.3. The van der Waals surface area contributed by atoms with Crippen molar-refractivity contribution in [2.45, 2.75) is 38.1 Å². The second-order valence-corrected chi connectivity index (χ2v) is 5.07. The molecule has 1 saturated carbocycles. The summed E-state index contributed by atoms with van der Waals surface area (Å²) < 4.78 is 4.87. The van der Waals surface area contributed by atoms with Crippen LogP contribution in [0, 0.1) is 18.3 Å². The molecule has 1 aromatic heterocycles. The molecular weight excluding hydrogens is 272 g/mol. The van der Waals surface area contributed by atoms with Crippen LogP contribution in [-0.2, 0) is 9.53 Å². The Bertz CT molecular complexity index is 571. The van der Waals surface area contributed by atoms with Crippen LogP contribution in [0.3, 0.4) is 0 Å². The lowest BCUT2D eigenvalue weighted by Crippen LogP contribution is -2.46. The molecule has 0 spiro atoms. The number of nitrogens with one attached hydrogen (secondary N) is 1. The van der Waals surface area contributed by atoms with Crippen LogP contribution in [0.5, 0.6) is 0 Å². The third-order valence-electron chi connectivity index (χ3n) is 3.37. The van der Waals surface area contributed by atoms with Gasteiger partial charge in [-0.1, -0.05) is 0 Å². The van der Waals surface area contributed by atoms with Crippen LogP contribution in [0.4, 0.5) is 0 Å². The number of carbonyl (C=O) groups excluding carboxylic acids is 2. The van der Waals surface area contributed by atoms with Crippen molar-refractivity contribution >= 4 is 11.9 Å². The summed E-state index contributed by atoms with van der Waals surface area (Å²) in [4.78, 5) is 31.3. The number of hydrogen-bond donors (Lipinski definition) is 1. The van der Waals surface area contributed by atoms with Gasteiger partial charge in [-0.25, -0.2) is 9.78 Å². The standard InChI is InChI=1S/C14H16N4O3/c1-10-6-17-11(7-16-10)13(20)21-8-12(19)18-14(9-15)4-2-3-5-14/h6-7H,2-5,8H2,1H3,(H,18,19). The van der Waals surface area contributed by atoms with E-state index in [2.05, 4.69) is 21.4 Å². The molecule has 0 unspecified atom stereocenters. The number of hydrogen-bond acceptors (Lipinski definition) is 6. The first-order chi connectivity index (χ1) is 10.0. The van der Waals surface area contributed by atoms with Crippen molar-refractivity contribution in [3.05, 3.63) is 23.8 Å². The fourth-order valence-corrected chi connectivity index (χ4v) is 2.25. The molecule has 7 nitrogen and oxygen atoms in total. The molecule has 0 atom stereocenters. The number of nitriles is 1. The van der Waals surface area contributed by atoms with Crippen LogP contribution >= 0.6 is 0 Å². The number of nitrogens with zero attached hydrogens (tertiary/aromatic N) is 3. The van der Waals surface area contributed by atoms with Gasteiger partial charge < -0.3 is 10.1 Å². The molecule has 0 radical (unpaired) electrons. The van der Waals surface area contributed by atoms with Gasteiger partial charge in [0, 0.05) is 6.20 Å². The maximum Gasteiger partial charge on any atom is 0.359 e. The monoisotopic (exact) mass is 288 g/mol. The van der Waals surface area contributed by atoms with Crippen molar-refractivity contribution in [1.29, 1.82) is 5.26 Å². The molecule has 0 bridgehead atoms. The Labute approximate surface area is 122 Å². The third kappa shape index (κ3) is 3.75. The van der Waals surface area contributed by atoms with Gasteiger partial charge in [0.1, 0.15) is 5.54 Å². The highest BCUT2D eigenvalue weighted by Crippen LogP contribution is 2.28. The number of aryl methyl sites for hydroxylation is 1. The second-order valence-electron chi connectivity index (χ2n) is 5.07. The van der Waals surface area contributed by atoms with E-state index >= 15 is 0 Å². The number of carbonyl (C=O) groups is 2. The van der Waals surface area contributed by atoms with Crippen LogP contribution in [-0.4, -0.2) is 34.0 Å². The van der Waals surface area contributed by atoms with Crippen LogP contribution in [0.15, 0.2) is 12.4 Å². The molecule has 1 aliphatic rings. The lowest BCUT2D eigenvalue weighted by atomic mass is 10.00. The van der Waals surface area contributed by atoms with Crippen molar-refractivity contribution in [3.63, 3.8) is 0 Å². The topological polar surface area (TPSA) is 105 Å². The Kier molecular flexibility index (Phi) is 4.48. The summed E-state index contributed by atoms with van der Waals surface area (Å²) in [7, 11) is 0. The maximum atomic E-state index is 11.8. The van der Waals surface area contributed by atoms with Crippen LogP contribution in [0.25, 0.3) is 0 Å². The first-order valence-electron chi connectivity index (χ1n) is 6.73. The highest BCUT2D eigenvalue weighted by atomic mass is 16.5. The van der Waals surface area contributed by atoms with Gasteiger partial charge in [0.2, 0.25) is 0 Å². The Balaban J connectivity index is 1.85. The van der Waals surface area contributed by atoms with Crippen molar-refractivity contribution < 1.29 is 14.3 Å². The normalized spacial score (nSPS) is 16.0. The molecule has 0 saturated heterocycles. The smallest absolute Gasteiger partial charge is 0.359 e. The molecule has 0 aliphatic heterocycles. The van der Waals surface area contributed by atoms with Gasteiger partial charge >= 0.3 is 5.97 Å². The van der Waals surface area contributed by atoms with E-state index in [9.17, 15) is 9.59 Å². The molecule has 1 N–H and O–H groups in total. The lowest BCUT2D eigenvalue weighted by Gasteiger charge is -2.21. The molecule has 21 heavy (non-hydrogen) atoms. The summed E-state index contributed by atoms with van der Waals surface area (Å²) in [6.07, 6.45) is 5.82. The molecule has 1 aromatic rings. The van der Waals surface area contributed by atoms with E-state index in [1.807, 2.05) is 0 Å². The average molecular weight is 288 g/mol. The minimum Gasteiger partial charge on any atom is -0.451 e. The molecule has 1 heterocycles. The molecule has 110 valence electrons. The molecule has 1 amide bonds. The van der Waals surface area contributed by atoms with Crippen molar-refractivity contribution in [2.24, 2.45) is 0 Å². The zero-order valence-corrected chi connectivity index (χ0v) is 11.8. The summed E-state index contributed by atoms with van der Waals surface area (Å²) in [6.45, 7) is 1.32. The van der Waals surface area contributed by atoms with Gasteiger partial charge in [-0.05, 0) is 32.6 Å². The first kappa shape index (κ1) is 14.9. The van der Waals surface area contributed by atoms with Gasteiger partial charge in [-0.3, -0.25) is 9.78 Å². The number of rotatable bonds is 4. The zero-order valence-electron chi connectivity index (χ0n) is 11.8. The Morgan fingerprint density at radius 3 is 2.67 bits per heavy atom. The van der Waals surface area contributed by atoms with Gasteiger partial charge in [-0.15, -0.1) is 0 Å². The summed E-state index contributed by atoms with van der Waals surface area (Å²) in [6, 6.07) is 2.14. The summed E-state index contributed by atoms with van der Waals surface area (Å²) in [5, 5.41) is 11.8. The predicted octanol–water partition coefficient (Wildman–Crippen LogP) is 0.894. The fourth-order valence-electron chi connectivity index (χ4n) is 2.25. The largest absolute Gasteiger partial charge is 0.451 e. The van der Waals surface area contributed by atoms with E-state index in [0.29, 0.717) is 18.5 Å². The van der Waals surface area contributed by atoms with E-state index in [1.54, 1.807) is 6.92 Å². The van der Waals surface area contributed by atoms with Crippen molar-refractivity contribution in [2.75, 3.05) is 6.61 Å². The minimum absolute atomic E-state index is 0.0456. The Hall–Kier alpha value is -2.49. The van der Waals surface area contributed by atoms with E-state index < -0.39 is 24.0 Å². The molecule has 1 aliphatic carbocycles. The average Bonchev–Trinajstić information content (AvgIpc) is 2.94. The molecule has 1 fully saturated rings. The van der Waals surface area contributed by atoms with E-state index in [4.69, 9.17) is 10.00 Å².